The molecule has 6 nitrogen and oxygen atoms in total. The van der Waals surface area contributed by atoms with Gasteiger partial charge in [0.15, 0.2) is 0 Å². The van der Waals surface area contributed by atoms with E-state index >= 15 is 0 Å². The fraction of sp³-hybridized carbons (Fsp3) is 0.600. The molecular formula is C20H30N2O4. The van der Waals surface area contributed by atoms with Gasteiger partial charge in [0.25, 0.3) is 5.91 Å². The number of carbonyl (C=O) groups excluding carboxylic acids is 2. The van der Waals surface area contributed by atoms with Gasteiger partial charge in [-0.05, 0) is 53.2 Å². The number of ether oxygens (including phenoxy) is 2. The Balaban J connectivity index is 2.03. The first kappa shape index (κ1) is 20.2. The first-order valence-electron chi connectivity index (χ1n) is 9.09. The van der Waals surface area contributed by atoms with Crippen LogP contribution in [0.4, 0.5) is 4.79 Å². The zero-order valence-corrected chi connectivity index (χ0v) is 16.5. The Morgan fingerprint density at radius 1 is 1.23 bits per heavy atom. The average Bonchev–Trinajstić information content (AvgIpc) is 2.80. The standard InChI is InChI=1S/C20H30N2O4/c1-7-16(21-17(23)15-11-9-8-10-12-15)14(2)26-18(24)22-19(3,4)13-25-20(22,5)6/h8-12,14,16H,7,13H2,1-6H3,(H,21,23)/t14-,16-/m1/s1. The number of benzene rings is 1. The second-order valence-corrected chi connectivity index (χ2v) is 7.83. The molecule has 0 bridgehead atoms. The van der Waals surface area contributed by atoms with E-state index in [1.165, 1.54) is 0 Å². The van der Waals surface area contributed by atoms with Gasteiger partial charge in [-0.25, -0.2) is 4.79 Å². The van der Waals surface area contributed by atoms with E-state index in [0.29, 0.717) is 18.6 Å². The topological polar surface area (TPSA) is 67.9 Å². The molecule has 0 spiro atoms. The highest BCUT2D eigenvalue weighted by Gasteiger charge is 2.50. The maximum atomic E-state index is 12.8. The third kappa shape index (κ3) is 4.36. The second-order valence-electron chi connectivity index (χ2n) is 7.83. The molecule has 1 aliphatic rings. The first-order valence-corrected chi connectivity index (χ1v) is 9.09. The van der Waals surface area contributed by atoms with E-state index in [4.69, 9.17) is 9.47 Å². The Hall–Kier alpha value is -2.08. The third-order valence-electron chi connectivity index (χ3n) is 4.75. The summed E-state index contributed by atoms with van der Waals surface area (Å²) in [7, 11) is 0. The molecule has 6 heteroatoms. The number of nitrogens with zero attached hydrogens (tertiary/aromatic N) is 1. The lowest BCUT2D eigenvalue weighted by Gasteiger charge is -2.38. The van der Waals surface area contributed by atoms with Crippen LogP contribution in [0.2, 0.25) is 0 Å². The van der Waals surface area contributed by atoms with Crippen molar-refractivity contribution in [3.8, 4) is 0 Å². The predicted octanol–water partition coefficient (Wildman–Crippen LogP) is 3.57. The summed E-state index contributed by atoms with van der Waals surface area (Å²) in [6, 6.07) is 8.73. The van der Waals surface area contributed by atoms with Gasteiger partial charge in [0.2, 0.25) is 0 Å². The molecule has 1 saturated heterocycles. The molecule has 1 heterocycles. The van der Waals surface area contributed by atoms with Crippen molar-refractivity contribution in [1.82, 2.24) is 10.2 Å². The zero-order valence-electron chi connectivity index (χ0n) is 16.5. The van der Waals surface area contributed by atoms with Gasteiger partial charge in [-0.1, -0.05) is 25.1 Å². The van der Waals surface area contributed by atoms with Gasteiger partial charge in [0.05, 0.1) is 18.2 Å². The molecule has 1 aliphatic heterocycles. The molecule has 1 aromatic rings. The summed E-state index contributed by atoms with van der Waals surface area (Å²) in [4.78, 5) is 26.8. The van der Waals surface area contributed by atoms with E-state index in [1.807, 2.05) is 52.8 Å². The third-order valence-corrected chi connectivity index (χ3v) is 4.75. The smallest absolute Gasteiger partial charge is 0.412 e. The molecule has 1 N–H and O–H groups in total. The van der Waals surface area contributed by atoms with Crippen LogP contribution in [0.15, 0.2) is 30.3 Å². The van der Waals surface area contributed by atoms with Gasteiger partial charge in [0, 0.05) is 5.56 Å². The van der Waals surface area contributed by atoms with Crippen molar-refractivity contribution in [2.24, 2.45) is 0 Å². The molecule has 0 aromatic heterocycles. The van der Waals surface area contributed by atoms with Gasteiger partial charge in [0.1, 0.15) is 11.8 Å². The van der Waals surface area contributed by atoms with Gasteiger partial charge in [-0.3, -0.25) is 9.69 Å². The van der Waals surface area contributed by atoms with Crippen LogP contribution in [0.5, 0.6) is 0 Å². The van der Waals surface area contributed by atoms with E-state index in [9.17, 15) is 9.59 Å². The van der Waals surface area contributed by atoms with Crippen LogP contribution in [-0.2, 0) is 9.47 Å². The molecule has 26 heavy (non-hydrogen) atoms. The Labute approximate surface area is 155 Å². The van der Waals surface area contributed by atoms with Gasteiger partial charge in [-0.2, -0.15) is 0 Å². The summed E-state index contributed by atoms with van der Waals surface area (Å²) in [5, 5.41) is 2.95. The maximum Gasteiger partial charge on any atom is 0.412 e. The molecule has 0 aliphatic carbocycles. The van der Waals surface area contributed by atoms with Crippen molar-refractivity contribution in [3.05, 3.63) is 35.9 Å². The van der Waals surface area contributed by atoms with Crippen molar-refractivity contribution in [1.29, 1.82) is 0 Å². The minimum Gasteiger partial charge on any atom is -0.444 e. The number of hydrogen-bond acceptors (Lipinski definition) is 4. The van der Waals surface area contributed by atoms with Crippen LogP contribution in [0.25, 0.3) is 0 Å². The Kier molecular flexibility index (Phi) is 5.96. The van der Waals surface area contributed by atoms with Crippen molar-refractivity contribution in [2.75, 3.05) is 6.61 Å². The van der Waals surface area contributed by atoms with Crippen molar-refractivity contribution < 1.29 is 19.1 Å². The Bertz CT molecular complexity index is 626. The highest BCUT2D eigenvalue weighted by atomic mass is 16.6. The molecule has 144 valence electrons. The Morgan fingerprint density at radius 3 is 2.35 bits per heavy atom. The molecule has 0 saturated carbocycles. The largest absolute Gasteiger partial charge is 0.444 e. The van der Waals surface area contributed by atoms with Crippen LogP contribution in [0, 0.1) is 0 Å². The maximum absolute atomic E-state index is 12.8. The second kappa shape index (κ2) is 7.66. The summed E-state index contributed by atoms with van der Waals surface area (Å²) in [5.74, 6) is -0.175. The van der Waals surface area contributed by atoms with E-state index in [1.54, 1.807) is 24.0 Å². The van der Waals surface area contributed by atoms with Crippen molar-refractivity contribution in [3.63, 3.8) is 0 Å². The normalized spacial score (nSPS) is 20.3. The monoisotopic (exact) mass is 362 g/mol. The summed E-state index contributed by atoms with van der Waals surface area (Å²) in [6.07, 6.45) is -0.249. The van der Waals surface area contributed by atoms with Crippen LogP contribution in [0.1, 0.15) is 58.3 Å². The van der Waals surface area contributed by atoms with Crippen LogP contribution >= 0.6 is 0 Å². The lowest BCUT2D eigenvalue weighted by atomic mass is 10.0. The summed E-state index contributed by atoms with van der Waals surface area (Å²) in [5.41, 5.74) is -0.593. The highest BCUT2D eigenvalue weighted by Crippen LogP contribution is 2.35. The molecule has 1 aromatic carbocycles. The fourth-order valence-corrected chi connectivity index (χ4v) is 3.36. The quantitative estimate of drug-likeness (QED) is 0.869. The lowest BCUT2D eigenvalue weighted by molar-refractivity contribution is -0.0595. The average molecular weight is 362 g/mol. The minimum atomic E-state index is -0.727. The molecule has 0 unspecified atom stereocenters. The predicted molar refractivity (Wildman–Crippen MR) is 99.9 cm³/mol. The van der Waals surface area contributed by atoms with E-state index < -0.39 is 23.5 Å². The van der Waals surface area contributed by atoms with Gasteiger partial charge >= 0.3 is 6.09 Å². The van der Waals surface area contributed by atoms with Crippen LogP contribution in [-0.4, -0.2) is 46.9 Å². The lowest BCUT2D eigenvalue weighted by Crippen LogP contribution is -2.54. The molecule has 1 fully saturated rings. The van der Waals surface area contributed by atoms with E-state index in [0.717, 1.165) is 0 Å². The SMILES string of the molecule is CC[C@@H](NC(=O)c1ccccc1)[C@@H](C)OC(=O)N1C(C)(C)COC1(C)C. The Morgan fingerprint density at radius 2 is 1.85 bits per heavy atom. The van der Waals surface area contributed by atoms with Crippen LogP contribution < -0.4 is 5.32 Å². The zero-order chi connectivity index (χ0) is 19.5. The fourth-order valence-electron chi connectivity index (χ4n) is 3.36. The summed E-state index contributed by atoms with van der Waals surface area (Å²) >= 11 is 0. The van der Waals surface area contributed by atoms with Crippen LogP contribution in [0.3, 0.4) is 0 Å². The van der Waals surface area contributed by atoms with Gasteiger partial charge in [-0.15, -0.1) is 0 Å². The molecule has 2 amide bonds. The van der Waals surface area contributed by atoms with Crippen molar-refractivity contribution in [2.45, 2.75) is 71.4 Å². The summed E-state index contributed by atoms with van der Waals surface area (Å²) < 4.78 is 11.4. The number of hydrogen-bond donors (Lipinski definition) is 1. The first-order chi connectivity index (χ1) is 12.1. The van der Waals surface area contributed by atoms with Crippen molar-refractivity contribution >= 4 is 12.0 Å². The number of rotatable bonds is 5. The highest BCUT2D eigenvalue weighted by molar-refractivity contribution is 5.94. The van der Waals surface area contributed by atoms with E-state index in [2.05, 4.69) is 5.32 Å². The molecule has 0 radical (unpaired) electrons. The molecule has 2 atom stereocenters. The summed E-state index contributed by atoms with van der Waals surface area (Å²) in [6.45, 7) is 11.8. The minimum absolute atomic E-state index is 0.175. The molecular weight excluding hydrogens is 332 g/mol. The van der Waals surface area contributed by atoms with Gasteiger partial charge < -0.3 is 14.8 Å². The van der Waals surface area contributed by atoms with E-state index in [-0.39, 0.29) is 11.9 Å². The molecule has 2 rings (SSSR count). The number of amides is 2. The number of carbonyl (C=O) groups is 2. The number of nitrogens with one attached hydrogen (secondary N) is 1.